The van der Waals surface area contributed by atoms with Crippen molar-refractivity contribution < 1.29 is 4.74 Å². The molecule has 0 atom stereocenters. The lowest BCUT2D eigenvalue weighted by Gasteiger charge is -2.12. The standard InChI is InChI=1S/C20H22N4OS.HI/c1-21-20(24-13-18-8-10-26-15-18)23-12-17-7-9-22-19(11-17)25-14-16-5-3-2-4-6-16;/h2-11,15H,12-14H2,1H3,(H2,21,23,24);1H. The molecule has 3 rings (SSSR count). The summed E-state index contributed by atoms with van der Waals surface area (Å²) in [6, 6.07) is 16.1. The monoisotopic (exact) mass is 494 g/mol. The number of hydrogen-bond donors (Lipinski definition) is 2. The van der Waals surface area contributed by atoms with Crippen molar-refractivity contribution in [1.82, 2.24) is 15.6 Å². The van der Waals surface area contributed by atoms with E-state index in [2.05, 4.69) is 37.4 Å². The van der Waals surface area contributed by atoms with Gasteiger partial charge in [-0.3, -0.25) is 4.99 Å². The van der Waals surface area contributed by atoms with Gasteiger partial charge in [0, 0.05) is 32.4 Å². The van der Waals surface area contributed by atoms with Crippen LogP contribution in [-0.4, -0.2) is 18.0 Å². The first kappa shape index (κ1) is 21.2. The van der Waals surface area contributed by atoms with Crippen LogP contribution in [0.4, 0.5) is 0 Å². The number of nitrogens with one attached hydrogen (secondary N) is 2. The Bertz CT molecular complexity index is 825. The van der Waals surface area contributed by atoms with E-state index in [-0.39, 0.29) is 24.0 Å². The molecule has 2 heterocycles. The number of guanidine groups is 1. The van der Waals surface area contributed by atoms with E-state index in [4.69, 9.17) is 4.74 Å². The maximum atomic E-state index is 5.78. The topological polar surface area (TPSA) is 58.5 Å². The first-order valence-electron chi connectivity index (χ1n) is 8.41. The van der Waals surface area contributed by atoms with Gasteiger partial charge in [0.05, 0.1) is 0 Å². The highest BCUT2D eigenvalue weighted by molar-refractivity contribution is 14.0. The number of thiophene rings is 1. The molecular formula is C20H23IN4OS. The Labute approximate surface area is 180 Å². The predicted octanol–water partition coefficient (Wildman–Crippen LogP) is 4.21. The molecule has 3 aromatic rings. The van der Waals surface area contributed by atoms with Gasteiger partial charge in [-0.2, -0.15) is 11.3 Å². The first-order valence-corrected chi connectivity index (χ1v) is 9.35. The predicted molar refractivity (Wildman–Crippen MR) is 122 cm³/mol. The van der Waals surface area contributed by atoms with E-state index < -0.39 is 0 Å². The number of halogens is 1. The highest BCUT2D eigenvalue weighted by Gasteiger charge is 2.02. The molecular weight excluding hydrogens is 471 g/mol. The maximum Gasteiger partial charge on any atom is 0.213 e. The van der Waals surface area contributed by atoms with Crippen LogP contribution in [0.2, 0.25) is 0 Å². The number of aliphatic imine (C=N–C) groups is 1. The van der Waals surface area contributed by atoms with Gasteiger partial charge in [-0.15, -0.1) is 24.0 Å². The molecule has 5 nitrogen and oxygen atoms in total. The van der Waals surface area contributed by atoms with Crippen molar-refractivity contribution in [3.8, 4) is 5.88 Å². The highest BCUT2D eigenvalue weighted by Crippen LogP contribution is 2.12. The molecule has 2 N–H and O–H groups in total. The maximum absolute atomic E-state index is 5.78. The molecule has 0 fully saturated rings. The van der Waals surface area contributed by atoms with Crippen LogP contribution >= 0.6 is 35.3 Å². The molecule has 0 aliphatic carbocycles. The van der Waals surface area contributed by atoms with Gasteiger partial charge >= 0.3 is 0 Å². The fourth-order valence-electron chi connectivity index (χ4n) is 2.36. The summed E-state index contributed by atoms with van der Waals surface area (Å²) in [7, 11) is 1.77. The second-order valence-corrected chi connectivity index (χ2v) is 6.47. The number of pyridine rings is 1. The van der Waals surface area contributed by atoms with Gasteiger partial charge in [-0.05, 0) is 39.6 Å². The third kappa shape index (κ3) is 7.18. The van der Waals surface area contributed by atoms with Crippen LogP contribution in [-0.2, 0) is 19.7 Å². The lowest BCUT2D eigenvalue weighted by molar-refractivity contribution is 0.293. The lowest BCUT2D eigenvalue weighted by atomic mass is 10.2. The van der Waals surface area contributed by atoms with E-state index in [9.17, 15) is 0 Å². The molecule has 0 aliphatic heterocycles. The normalized spacial score (nSPS) is 10.8. The third-order valence-electron chi connectivity index (χ3n) is 3.75. The number of hydrogen-bond acceptors (Lipinski definition) is 4. The second-order valence-electron chi connectivity index (χ2n) is 5.69. The molecule has 0 radical (unpaired) electrons. The smallest absolute Gasteiger partial charge is 0.213 e. The SMILES string of the molecule is CN=C(NCc1ccsc1)NCc1ccnc(OCc2ccccc2)c1.I. The molecule has 0 spiro atoms. The van der Waals surface area contributed by atoms with E-state index >= 15 is 0 Å². The highest BCUT2D eigenvalue weighted by atomic mass is 127. The molecule has 0 bridgehead atoms. The molecule has 7 heteroatoms. The van der Waals surface area contributed by atoms with E-state index in [1.165, 1.54) is 5.56 Å². The van der Waals surface area contributed by atoms with Crippen molar-refractivity contribution in [3.05, 3.63) is 82.2 Å². The minimum Gasteiger partial charge on any atom is -0.473 e. The van der Waals surface area contributed by atoms with Crippen molar-refractivity contribution in [1.29, 1.82) is 0 Å². The van der Waals surface area contributed by atoms with Gasteiger partial charge in [0.1, 0.15) is 6.61 Å². The zero-order chi connectivity index (χ0) is 18.0. The summed E-state index contributed by atoms with van der Waals surface area (Å²) < 4.78 is 5.78. The second kappa shape index (κ2) is 11.6. The Morgan fingerprint density at radius 2 is 1.81 bits per heavy atom. The quantitative estimate of drug-likeness (QED) is 0.294. The number of ether oxygens (including phenoxy) is 1. The van der Waals surface area contributed by atoms with Crippen LogP contribution in [0.5, 0.6) is 5.88 Å². The summed E-state index contributed by atoms with van der Waals surface area (Å²) in [5.41, 5.74) is 3.45. The number of aromatic nitrogens is 1. The molecule has 0 amide bonds. The summed E-state index contributed by atoms with van der Waals surface area (Å²) >= 11 is 1.69. The zero-order valence-electron chi connectivity index (χ0n) is 15.1. The Hall–Kier alpha value is -2.13. The number of benzene rings is 1. The van der Waals surface area contributed by atoms with Gasteiger partial charge in [0.15, 0.2) is 5.96 Å². The Morgan fingerprint density at radius 3 is 2.52 bits per heavy atom. The Kier molecular flexibility index (Phi) is 9.06. The van der Waals surface area contributed by atoms with Gasteiger partial charge < -0.3 is 15.4 Å². The zero-order valence-corrected chi connectivity index (χ0v) is 18.2. The summed E-state index contributed by atoms with van der Waals surface area (Å²) in [6.07, 6.45) is 1.76. The van der Waals surface area contributed by atoms with Gasteiger partial charge in [0.25, 0.3) is 0 Å². The van der Waals surface area contributed by atoms with Crippen LogP contribution in [0.1, 0.15) is 16.7 Å². The van der Waals surface area contributed by atoms with Crippen LogP contribution in [0.25, 0.3) is 0 Å². The number of rotatable bonds is 7. The molecule has 0 unspecified atom stereocenters. The molecule has 0 saturated carbocycles. The van der Waals surface area contributed by atoms with Crippen LogP contribution in [0, 0.1) is 0 Å². The molecule has 0 aliphatic rings. The van der Waals surface area contributed by atoms with E-state index in [0.717, 1.165) is 23.6 Å². The van der Waals surface area contributed by atoms with Crippen molar-refractivity contribution in [2.24, 2.45) is 4.99 Å². The fraction of sp³-hybridized carbons (Fsp3) is 0.200. The van der Waals surface area contributed by atoms with Crippen molar-refractivity contribution in [2.75, 3.05) is 7.05 Å². The first-order chi connectivity index (χ1) is 12.8. The molecule has 142 valence electrons. The molecule has 2 aromatic heterocycles. The van der Waals surface area contributed by atoms with Crippen LogP contribution in [0.15, 0.2) is 70.5 Å². The van der Waals surface area contributed by atoms with Crippen molar-refractivity contribution in [2.45, 2.75) is 19.7 Å². The van der Waals surface area contributed by atoms with Gasteiger partial charge in [0.2, 0.25) is 5.88 Å². The number of nitrogens with zero attached hydrogens (tertiary/aromatic N) is 2. The summed E-state index contributed by atoms with van der Waals surface area (Å²) in [6.45, 7) is 1.91. The summed E-state index contributed by atoms with van der Waals surface area (Å²) in [5.74, 6) is 1.38. The summed E-state index contributed by atoms with van der Waals surface area (Å²) in [5, 5.41) is 10.8. The van der Waals surface area contributed by atoms with Crippen LogP contribution < -0.4 is 15.4 Å². The largest absolute Gasteiger partial charge is 0.473 e. The van der Waals surface area contributed by atoms with E-state index in [1.54, 1.807) is 24.6 Å². The Balaban J connectivity index is 0.00000261. The fourth-order valence-corrected chi connectivity index (χ4v) is 3.02. The average molecular weight is 494 g/mol. The molecule has 0 saturated heterocycles. The molecule has 1 aromatic carbocycles. The minimum atomic E-state index is 0. The van der Waals surface area contributed by atoms with Gasteiger partial charge in [-0.1, -0.05) is 30.3 Å². The van der Waals surface area contributed by atoms with E-state index in [0.29, 0.717) is 19.0 Å². The minimum absolute atomic E-state index is 0. The summed E-state index contributed by atoms with van der Waals surface area (Å²) in [4.78, 5) is 8.53. The van der Waals surface area contributed by atoms with E-state index in [1.807, 2.05) is 42.5 Å². The Morgan fingerprint density at radius 1 is 1.04 bits per heavy atom. The average Bonchev–Trinajstić information content (AvgIpc) is 3.21. The van der Waals surface area contributed by atoms with Crippen LogP contribution in [0.3, 0.4) is 0 Å². The third-order valence-corrected chi connectivity index (χ3v) is 4.48. The van der Waals surface area contributed by atoms with Crippen molar-refractivity contribution >= 4 is 41.3 Å². The van der Waals surface area contributed by atoms with Crippen molar-refractivity contribution in [3.63, 3.8) is 0 Å². The lowest BCUT2D eigenvalue weighted by Crippen LogP contribution is -2.36. The molecule has 27 heavy (non-hydrogen) atoms. The van der Waals surface area contributed by atoms with Gasteiger partial charge in [-0.25, -0.2) is 4.98 Å².